The number of nitrogens with one attached hydrogen (secondary N) is 1. The van der Waals surface area contributed by atoms with E-state index in [2.05, 4.69) is 24.4 Å². The Labute approximate surface area is 104 Å². The molecule has 17 heavy (non-hydrogen) atoms. The highest BCUT2D eigenvalue weighted by Crippen LogP contribution is 2.15. The smallest absolute Gasteiger partial charge is 0.119 e. The second-order valence-electron chi connectivity index (χ2n) is 4.42. The van der Waals surface area contributed by atoms with Crippen LogP contribution in [0.4, 0.5) is 0 Å². The Kier molecular flexibility index (Phi) is 6.01. The molecule has 1 N–H and O–H groups in total. The molecule has 0 fully saturated rings. The maximum atomic E-state index is 5.70. The number of benzene rings is 1. The van der Waals surface area contributed by atoms with Gasteiger partial charge in [-0.3, -0.25) is 0 Å². The fourth-order valence-corrected chi connectivity index (χ4v) is 1.66. The first-order valence-corrected chi connectivity index (χ1v) is 6.07. The molecule has 3 heteroatoms. The van der Waals surface area contributed by atoms with E-state index in [9.17, 15) is 0 Å². The molecule has 3 nitrogen and oxygen atoms in total. The molecule has 0 saturated carbocycles. The van der Waals surface area contributed by atoms with E-state index in [4.69, 9.17) is 9.47 Å². The van der Waals surface area contributed by atoms with Gasteiger partial charge in [0.2, 0.25) is 0 Å². The first kappa shape index (κ1) is 14.0. The Hall–Kier alpha value is -1.06. The zero-order valence-corrected chi connectivity index (χ0v) is 11.2. The lowest BCUT2D eigenvalue weighted by atomic mass is 10.1. The van der Waals surface area contributed by atoms with Crippen molar-refractivity contribution in [3.8, 4) is 5.75 Å². The van der Waals surface area contributed by atoms with Gasteiger partial charge in [0, 0.05) is 13.2 Å². The van der Waals surface area contributed by atoms with E-state index >= 15 is 0 Å². The van der Waals surface area contributed by atoms with Crippen LogP contribution in [-0.4, -0.2) is 32.9 Å². The maximum Gasteiger partial charge on any atom is 0.119 e. The second-order valence-corrected chi connectivity index (χ2v) is 4.42. The van der Waals surface area contributed by atoms with E-state index in [0.29, 0.717) is 12.6 Å². The average molecular weight is 237 g/mol. The van der Waals surface area contributed by atoms with Crippen LogP contribution in [0.5, 0.6) is 5.75 Å². The zero-order chi connectivity index (χ0) is 12.7. The van der Waals surface area contributed by atoms with Crippen molar-refractivity contribution in [2.45, 2.75) is 32.4 Å². The van der Waals surface area contributed by atoms with Gasteiger partial charge in [-0.2, -0.15) is 0 Å². The molecule has 0 amide bonds. The molecule has 0 aliphatic carbocycles. The molecule has 0 heterocycles. The van der Waals surface area contributed by atoms with Crippen molar-refractivity contribution in [1.29, 1.82) is 0 Å². The van der Waals surface area contributed by atoms with E-state index in [1.54, 1.807) is 7.11 Å². The van der Waals surface area contributed by atoms with Gasteiger partial charge in [0.15, 0.2) is 0 Å². The van der Waals surface area contributed by atoms with Crippen LogP contribution in [0, 0.1) is 0 Å². The zero-order valence-electron chi connectivity index (χ0n) is 11.2. The van der Waals surface area contributed by atoms with E-state index in [1.165, 1.54) is 5.56 Å². The topological polar surface area (TPSA) is 30.5 Å². The van der Waals surface area contributed by atoms with Gasteiger partial charge in [0.25, 0.3) is 0 Å². The summed E-state index contributed by atoms with van der Waals surface area (Å²) in [5.41, 5.74) is 1.32. The third-order valence-electron chi connectivity index (χ3n) is 2.70. The number of likely N-dealkylation sites (N-methyl/N-ethyl adjacent to an activating group) is 1. The average Bonchev–Trinajstić information content (AvgIpc) is 2.32. The maximum absolute atomic E-state index is 5.70. The minimum atomic E-state index is 0.0853. The fraction of sp³-hybridized carbons (Fsp3) is 0.571. The fourth-order valence-electron chi connectivity index (χ4n) is 1.66. The van der Waals surface area contributed by atoms with Crippen LogP contribution in [0.15, 0.2) is 24.3 Å². The highest BCUT2D eigenvalue weighted by atomic mass is 16.5. The first-order valence-electron chi connectivity index (χ1n) is 6.07. The molecule has 1 rings (SSSR count). The van der Waals surface area contributed by atoms with Crippen molar-refractivity contribution in [3.05, 3.63) is 29.8 Å². The quantitative estimate of drug-likeness (QED) is 0.789. The Morgan fingerprint density at radius 3 is 2.35 bits per heavy atom. The second kappa shape index (κ2) is 7.30. The predicted octanol–water partition coefficient (Wildman–Crippen LogP) is 2.25. The molecule has 1 aromatic carbocycles. The van der Waals surface area contributed by atoms with Crippen molar-refractivity contribution in [2.75, 3.05) is 20.8 Å². The lowest BCUT2D eigenvalue weighted by Crippen LogP contribution is -2.23. The molecule has 2 unspecified atom stereocenters. The Morgan fingerprint density at radius 2 is 1.82 bits per heavy atom. The monoisotopic (exact) mass is 237 g/mol. The van der Waals surface area contributed by atoms with E-state index in [0.717, 1.165) is 12.2 Å². The minimum Gasteiger partial charge on any atom is -0.488 e. The summed E-state index contributed by atoms with van der Waals surface area (Å²) < 4.78 is 10.7. The summed E-state index contributed by atoms with van der Waals surface area (Å²) in [6.45, 7) is 4.78. The van der Waals surface area contributed by atoms with E-state index in [-0.39, 0.29) is 6.10 Å². The van der Waals surface area contributed by atoms with Gasteiger partial charge in [-0.15, -0.1) is 0 Å². The molecule has 0 bridgehead atoms. The van der Waals surface area contributed by atoms with Gasteiger partial charge in [-0.25, -0.2) is 0 Å². The van der Waals surface area contributed by atoms with Crippen molar-refractivity contribution >= 4 is 0 Å². The first-order chi connectivity index (χ1) is 8.15. The number of hydrogen-bond acceptors (Lipinski definition) is 3. The Balaban J connectivity index is 2.49. The summed E-state index contributed by atoms with van der Waals surface area (Å²) in [5, 5.41) is 3.23. The molecule has 0 aliphatic rings. The summed E-state index contributed by atoms with van der Waals surface area (Å²) in [4.78, 5) is 0. The van der Waals surface area contributed by atoms with Crippen LogP contribution in [0.2, 0.25) is 0 Å². The van der Waals surface area contributed by atoms with Crippen LogP contribution in [0.1, 0.15) is 19.4 Å². The lowest BCUT2D eigenvalue weighted by Gasteiger charge is -2.14. The van der Waals surface area contributed by atoms with E-state index in [1.807, 2.05) is 26.1 Å². The molecule has 0 spiro atoms. The summed E-state index contributed by atoms with van der Waals surface area (Å²) in [6.07, 6.45) is 1.12. The molecular formula is C14H23NO2. The molecular weight excluding hydrogens is 214 g/mol. The summed E-state index contributed by atoms with van der Waals surface area (Å²) in [6, 6.07) is 8.76. The van der Waals surface area contributed by atoms with Crippen LogP contribution in [0.3, 0.4) is 0 Å². The minimum absolute atomic E-state index is 0.0853. The lowest BCUT2D eigenvalue weighted by molar-refractivity contribution is 0.0921. The van der Waals surface area contributed by atoms with Crippen molar-refractivity contribution < 1.29 is 9.47 Å². The molecule has 0 radical (unpaired) electrons. The number of ether oxygens (including phenoxy) is 2. The van der Waals surface area contributed by atoms with E-state index < -0.39 is 0 Å². The van der Waals surface area contributed by atoms with Crippen LogP contribution < -0.4 is 10.1 Å². The van der Waals surface area contributed by atoms with Gasteiger partial charge in [-0.05, 0) is 45.0 Å². The van der Waals surface area contributed by atoms with Gasteiger partial charge in [-0.1, -0.05) is 12.1 Å². The number of rotatable bonds is 7. The SMILES string of the molecule is CNC(C)Cc1ccc(OC(C)COC)cc1. The summed E-state index contributed by atoms with van der Waals surface area (Å²) in [5.74, 6) is 0.899. The largest absolute Gasteiger partial charge is 0.488 e. The highest BCUT2D eigenvalue weighted by Gasteiger charge is 2.04. The standard InChI is InChI=1S/C14H23NO2/c1-11(15-3)9-13-5-7-14(8-6-13)17-12(2)10-16-4/h5-8,11-12,15H,9-10H2,1-4H3. The Morgan fingerprint density at radius 1 is 1.18 bits per heavy atom. The van der Waals surface area contributed by atoms with Gasteiger partial charge >= 0.3 is 0 Å². The molecule has 0 saturated heterocycles. The van der Waals surface area contributed by atoms with Crippen LogP contribution in [0.25, 0.3) is 0 Å². The third kappa shape index (κ3) is 5.20. The van der Waals surface area contributed by atoms with Gasteiger partial charge in [0.1, 0.15) is 11.9 Å². The predicted molar refractivity (Wildman–Crippen MR) is 70.6 cm³/mol. The molecule has 2 atom stereocenters. The summed E-state index contributed by atoms with van der Waals surface area (Å²) in [7, 11) is 3.66. The van der Waals surface area contributed by atoms with Gasteiger partial charge in [0.05, 0.1) is 6.61 Å². The van der Waals surface area contributed by atoms with Crippen LogP contribution in [-0.2, 0) is 11.2 Å². The normalized spacial score (nSPS) is 14.4. The van der Waals surface area contributed by atoms with Crippen LogP contribution >= 0.6 is 0 Å². The van der Waals surface area contributed by atoms with Crippen molar-refractivity contribution in [2.24, 2.45) is 0 Å². The number of hydrogen-bond donors (Lipinski definition) is 1. The molecule has 0 aliphatic heterocycles. The van der Waals surface area contributed by atoms with Crippen molar-refractivity contribution in [3.63, 3.8) is 0 Å². The third-order valence-corrected chi connectivity index (χ3v) is 2.70. The molecule has 96 valence electrons. The highest BCUT2D eigenvalue weighted by molar-refractivity contribution is 5.27. The summed E-state index contributed by atoms with van der Waals surface area (Å²) >= 11 is 0. The van der Waals surface area contributed by atoms with Crippen molar-refractivity contribution in [1.82, 2.24) is 5.32 Å². The molecule has 1 aromatic rings. The number of methoxy groups -OCH3 is 1. The molecule has 0 aromatic heterocycles. The Bertz CT molecular complexity index is 311. The van der Waals surface area contributed by atoms with Gasteiger partial charge < -0.3 is 14.8 Å².